The zero-order valence-electron chi connectivity index (χ0n) is 15.9. The maximum absolute atomic E-state index is 12.6. The van der Waals surface area contributed by atoms with Gasteiger partial charge in [0.15, 0.2) is 0 Å². The summed E-state index contributed by atoms with van der Waals surface area (Å²) in [6, 6.07) is 9.81. The van der Waals surface area contributed by atoms with E-state index in [9.17, 15) is 18.0 Å². The van der Waals surface area contributed by atoms with Gasteiger partial charge in [0.1, 0.15) is 0 Å². The van der Waals surface area contributed by atoms with Gasteiger partial charge in [-0.25, -0.2) is 8.42 Å². The maximum atomic E-state index is 12.6. The van der Waals surface area contributed by atoms with Gasteiger partial charge in [0.05, 0.1) is 10.8 Å². The van der Waals surface area contributed by atoms with Gasteiger partial charge >= 0.3 is 0 Å². The summed E-state index contributed by atoms with van der Waals surface area (Å²) < 4.78 is 28.1. The molecule has 9 heteroatoms. The monoisotopic (exact) mass is 404 g/mol. The molecule has 2 aromatic rings. The molecule has 1 fully saturated rings. The lowest BCUT2D eigenvalue weighted by Crippen LogP contribution is -2.31. The van der Waals surface area contributed by atoms with E-state index in [4.69, 9.17) is 0 Å². The molecule has 1 atom stereocenters. The number of nitrogens with one attached hydrogen (secondary N) is 1. The lowest BCUT2D eigenvalue weighted by Gasteiger charge is -2.20. The van der Waals surface area contributed by atoms with Crippen LogP contribution in [-0.2, 0) is 19.6 Å². The van der Waals surface area contributed by atoms with Crippen molar-refractivity contribution in [2.45, 2.75) is 25.2 Å². The lowest BCUT2D eigenvalue weighted by molar-refractivity contribution is -0.123. The van der Waals surface area contributed by atoms with Crippen molar-refractivity contribution in [3.8, 4) is 0 Å². The fourth-order valence-corrected chi connectivity index (χ4v) is 4.73. The Bertz CT molecular complexity index is 935. The molecule has 1 saturated heterocycles. The van der Waals surface area contributed by atoms with Crippen LogP contribution in [0.2, 0.25) is 0 Å². The topological polar surface area (TPSA) is 91.7 Å². The maximum Gasteiger partial charge on any atom is 0.244 e. The van der Waals surface area contributed by atoms with Gasteiger partial charge < -0.3 is 4.90 Å². The van der Waals surface area contributed by atoms with Crippen LogP contribution in [0.25, 0.3) is 0 Å². The zero-order valence-corrected chi connectivity index (χ0v) is 16.7. The third kappa shape index (κ3) is 3.95. The third-order valence-electron chi connectivity index (χ3n) is 4.83. The number of sulfonamides is 1. The van der Waals surface area contributed by atoms with Gasteiger partial charge in [0.2, 0.25) is 21.8 Å². The molecular formula is C19H24N4O4S. The summed E-state index contributed by atoms with van der Waals surface area (Å²) in [7, 11) is -3.55. The van der Waals surface area contributed by atoms with E-state index in [0.29, 0.717) is 18.8 Å². The summed E-state index contributed by atoms with van der Waals surface area (Å²) in [5, 5.41) is 0. The molecule has 1 aliphatic heterocycles. The Labute approximate surface area is 164 Å². The molecule has 0 radical (unpaired) electrons. The quantitative estimate of drug-likeness (QED) is 0.759. The van der Waals surface area contributed by atoms with E-state index in [1.54, 1.807) is 55.2 Å². The standard InChI is InChI=1S/C19H24N4O4S/c1-3-22(4-2)28(26,27)17-9-7-16(8-10-17)23-14-15(13-18(23)24)19(25)20-21-11-5-6-12-21/h5-12,15H,3-4,13-14H2,1-2H3,(H,20,25). The van der Waals surface area contributed by atoms with Crippen molar-refractivity contribution in [3.05, 3.63) is 48.8 Å². The van der Waals surface area contributed by atoms with Crippen molar-refractivity contribution in [1.82, 2.24) is 8.98 Å². The SMILES string of the molecule is CCN(CC)S(=O)(=O)c1ccc(N2CC(C(=O)Nn3cccc3)CC2=O)cc1. The molecule has 2 heterocycles. The van der Waals surface area contributed by atoms with Gasteiger partial charge in [-0.05, 0) is 36.4 Å². The van der Waals surface area contributed by atoms with Gasteiger partial charge in [-0.2, -0.15) is 4.31 Å². The Balaban J connectivity index is 1.72. The molecule has 1 aromatic heterocycles. The van der Waals surface area contributed by atoms with Crippen LogP contribution < -0.4 is 10.3 Å². The van der Waals surface area contributed by atoms with Gasteiger partial charge in [0.25, 0.3) is 0 Å². The zero-order chi connectivity index (χ0) is 20.3. The molecule has 150 valence electrons. The minimum absolute atomic E-state index is 0.118. The normalized spacial score (nSPS) is 17.3. The molecule has 28 heavy (non-hydrogen) atoms. The van der Waals surface area contributed by atoms with E-state index in [2.05, 4.69) is 5.43 Å². The molecule has 0 aliphatic carbocycles. The molecule has 0 saturated carbocycles. The first-order chi connectivity index (χ1) is 13.4. The number of hydrogen-bond acceptors (Lipinski definition) is 4. The summed E-state index contributed by atoms with van der Waals surface area (Å²) in [5.74, 6) is -0.853. The smallest absolute Gasteiger partial charge is 0.244 e. The summed E-state index contributed by atoms with van der Waals surface area (Å²) in [4.78, 5) is 26.5. The highest BCUT2D eigenvalue weighted by atomic mass is 32.2. The van der Waals surface area contributed by atoms with Crippen LogP contribution in [0.4, 0.5) is 5.69 Å². The number of aromatic nitrogens is 1. The predicted molar refractivity (Wildman–Crippen MR) is 106 cm³/mol. The average molecular weight is 404 g/mol. The van der Waals surface area contributed by atoms with E-state index in [0.717, 1.165) is 0 Å². The number of nitrogens with zero attached hydrogens (tertiary/aromatic N) is 3. The van der Waals surface area contributed by atoms with E-state index in [1.807, 2.05) is 0 Å². The average Bonchev–Trinajstić information content (AvgIpc) is 3.32. The van der Waals surface area contributed by atoms with E-state index >= 15 is 0 Å². The first-order valence-corrected chi connectivity index (χ1v) is 10.6. The minimum Gasteiger partial charge on any atom is -0.312 e. The van der Waals surface area contributed by atoms with Gasteiger partial charge in [0, 0.05) is 44.1 Å². The van der Waals surface area contributed by atoms with Crippen LogP contribution in [0.3, 0.4) is 0 Å². The Kier molecular flexibility index (Phi) is 5.85. The van der Waals surface area contributed by atoms with Gasteiger partial charge in [-0.15, -0.1) is 0 Å². The van der Waals surface area contributed by atoms with Gasteiger partial charge in [-0.3, -0.25) is 19.7 Å². The van der Waals surface area contributed by atoms with Crippen LogP contribution in [0.15, 0.2) is 53.7 Å². The van der Waals surface area contributed by atoms with Crippen LogP contribution >= 0.6 is 0 Å². The van der Waals surface area contributed by atoms with Crippen molar-refractivity contribution >= 4 is 27.5 Å². The second-order valence-corrected chi connectivity index (χ2v) is 8.49. The summed E-state index contributed by atoms with van der Waals surface area (Å²) in [6.07, 6.45) is 3.54. The summed E-state index contributed by atoms with van der Waals surface area (Å²) in [5.41, 5.74) is 3.31. The van der Waals surface area contributed by atoms with Crippen molar-refractivity contribution in [1.29, 1.82) is 0 Å². The number of amides is 2. The molecule has 1 aliphatic rings. The molecule has 1 unspecified atom stereocenters. The Hall–Kier alpha value is -2.65. The number of rotatable bonds is 7. The molecular weight excluding hydrogens is 380 g/mol. The first kappa shape index (κ1) is 20.1. The van der Waals surface area contributed by atoms with Crippen molar-refractivity contribution in [3.63, 3.8) is 0 Å². The minimum atomic E-state index is -3.55. The van der Waals surface area contributed by atoms with Crippen LogP contribution in [0, 0.1) is 5.92 Å². The van der Waals surface area contributed by atoms with E-state index < -0.39 is 15.9 Å². The fraction of sp³-hybridized carbons (Fsp3) is 0.368. The first-order valence-electron chi connectivity index (χ1n) is 9.21. The Morgan fingerprint density at radius 3 is 2.32 bits per heavy atom. The second kappa shape index (κ2) is 8.15. The number of hydrogen-bond donors (Lipinski definition) is 1. The largest absolute Gasteiger partial charge is 0.312 e. The predicted octanol–water partition coefficient (Wildman–Crippen LogP) is 1.64. The van der Waals surface area contributed by atoms with E-state index in [-0.39, 0.29) is 29.7 Å². The molecule has 1 N–H and O–H groups in total. The third-order valence-corrected chi connectivity index (χ3v) is 6.90. The highest BCUT2D eigenvalue weighted by molar-refractivity contribution is 7.89. The van der Waals surface area contributed by atoms with Crippen molar-refractivity contribution in [2.24, 2.45) is 5.92 Å². The highest BCUT2D eigenvalue weighted by Crippen LogP contribution is 2.27. The lowest BCUT2D eigenvalue weighted by atomic mass is 10.1. The molecule has 1 aromatic carbocycles. The molecule has 0 spiro atoms. The molecule has 2 amide bonds. The second-order valence-electron chi connectivity index (χ2n) is 6.55. The van der Waals surface area contributed by atoms with Gasteiger partial charge in [-0.1, -0.05) is 13.8 Å². The number of carbonyl (C=O) groups excluding carboxylic acids is 2. The number of carbonyl (C=O) groups is 2. The number of anilines is 1. The molecule has 0 bridgehead atoms. The van der Waals surface area contributed by atoms with Crippen molar-refractivity contribution < 1.29 is 18.0 Å². The Morgan fingerprint density at radius 1 is 1.14 bits per heavy atom. The summed E-state index contributed by atoms with van der Waals surface area (Å²) in [6.45, 7) is 4.62. The number of benzene rings is 1. The Morgan fingerprint density at radius 2 is 1.75 bits per heavy atom. The van der Waals surface area contributed by atoms with Crippen LogP contribution in [-0.4, -0.2) is 48.8 Å². The fourth-order valence-electron chi connectivity index (χ4n) is 3.27. The molecule has 8 nitrogen and oxygen atoms in total. The summed E-state index contributed by atoms with van der Waals surface area (Å²) >= 11 is 0. The van der Waals surface area contributed by atoms with Crippen molar-refractivity contribution in [2.75, 3.05) is 30.0 Å². The van der Waals surface area contributed by atoms with Crippen LogP contribution in [0.5, 0.6) is 0 Å². The van der Waals surface area contributed by atoms with E-state index in [1.165, 1.54) is 21.3 Å². The molecule has 3 rings (SSSR count). The highest BCUT2D eigenvalue weighted by Gasteiger charge is 2.35. The van der Waals surface area contributed by atoms with Crippen LogP contribution in [0.1, 0.15) is 20.3 Å².